The van der Waals surface area contributed by atoms with Crippen LogP contribution in [0.3, 0.4) is 0 Å². The van der Waals surface area contributed by atoms with Crippen LogP contribution in [0.25, 0.3) is 0 Å². The van der Waals surface area contributed by atoms with E-state index < -0.39 is 6.10 Å². The summed E-state index contributed by atoms with van der Waals surface area (Å²) >= 11 is 6.20. The number of hydrogen-bond donors (Lipinski definition) is 1. The zero-order chi connectivity index (χ0) is 12.5. The topological polar surface area (TPSA) is 38.7 Å². The van der Waals surface area contributed by atoms with Crippen LogP contribution >= 0.6 is 11.6 Å². The van der Waals surface area contributed by atoms with Crippen molar-refractivity contribution in [3.63, 3.8) is 0 Å². The van der Waals surface area contributed by atoms with Crippen molar-refractivity contribution < 1.29 is 14.6 Å². The van der Waals surface area contributed by atoms with Gasteiger partial charge in [-0.15, -0.1) is 0 Å². The molecule has 98 valence electrons. The first-order valence-electron chi connectivity index (χ1n) is 6.51. The molecule has 1 aromatic carbocycles. The predicted molar refractivity (Wildman–Crippen MR) is 69.4 cm³/mol. The van der Waals surface area contributed by atoms with Crippen LogP contribution in [0.5, 0.6) is 11.5 Å². The molecule has 3 rings (SSSR count). The molecule has 1 atom stereocenters. The van der Waals surface area contributed by atoms with Crippen LogP contribution in [0.1, 0.15) is 37.4 Å². The van der Waals surface area contributed by atoms with Crippen LogP contribution in [0.15, 0.2) is 12.1 Å². The van der Waals surface area contributed by atoms with Gasteiger partial charge in [-0.1, -0.05) is 24.4 Å². The Hall–Kier alpha value is -0.930. The van der Waals surface area contributed by atoms with Crippen LogP contribution in [0.4, 0.5) is 0 Å². The molecule has 2 aliphatic rings. The maximum absolute atomic E-state index is 10.2. The van der Waals surface area contributed by atoms with Gasteiger partial charge in [0.15, 0.2) is 11.5 Å². The molecular weight excluding hydrogens is 252 g/mol. The zero-order valence-corrected chi connectivity index (χ0v) is 10.9. The summed E-state index contributed by atoms with van der Waals surface area (Å²) in [4.78, 5) is 0. The van der Waals surface area contributed by atoms with E-state index >= 15 is 0 Å². The Morgan fingerprint density at radius 3 is 2.83 bits per heavy atom. The summed E-state index contributed by atoms with van der Waals surface area (Å²) in [6, 6.07) is 3.65. The van der Waals surface area contributed by atoms with Gasteiger partial charge in [-0.05, 0) is 30.0 Å². The van der Waals surface area contributed by atoms with E-state index in [2.05, 4.69) is 0 Å². The summed E-state index contributed by atoms with van der Waals surface area (Å²) in [5.74, 6) is 1.94. The Labute approximate surface area is 112 Å². The summed E-state index contributed by atoms with van der Waals surface area (Å²) in [7, 11) is 0. The molecule has 1 heterocycles. The first kappa shape index (κ1) is 12.1. The van der Waals surface area contributed by atoms with E-state index in [-0.39, 0.29) is 0 Å². The number of benzene rings is 1. The van der Waals surface area contributed by atoms with Gasteiger partial charge in [0.2, 0.25) is 0 Å². The number of hydrogen-bond acceptors (Lipinski definition) is 3. The molecule has 0 amide bonds. The van der Waals surface area contributed by atoms with Crippen molar-refractivity contribution in [1.82, 2.24) is 0 Å². The SMILES string of the molecule is OC(CC1CC1)c1cc(Cl)c2c(c1)OCCCO2. The number of halogens is 1. The fraction of sp³-hybridized carbons (Fsp3) is 0.571. The minimum Gasteiger partial charge on any atom is -0.489 e. The average Bonchev–Trinajstić information content (AvgIpc) is 3.14. The van der Waals surface area contributed by atoms with Crippen molar-refractivity contribution in [3.8, 4) is 11.5 Å². The summed E-state index contributed by atoms with van der Waals surface area (Å²) in [5.41, 5.74) is 0.830. The maximum Gasteiger partial charge on any atom is 0.179 e. The second-order valence-corrected chi connectivity index (χ2v) is 5.48. The molecule has 4 heteroatoms. The van der Waals surface area contributed by atoms with Crippen molar-refractivity contribution in [2.45, 2.75) is 31.8 Å². The lowest BCUT2D eigenvalue weighted by molar-refractivity contribution is 0.160. The van der Waals surface area contributed by atoms with E-state index in [1.54, 1.807) is 6.07 Å². The van der Waals surface area contributed by atoms with Crippen LogP contribution in [-0.4, -0.2) is 18.3 Å². The highest BCUT2D eigenvalue weighted by atomic mass is 35.5. The van der Waals surface area contributed by atoms with Crippen LogP contribution in [0.2, 0.25) is 5.02 Å². The van der Waals surface area contributed by atoms with E-state index in [1.165, 1.54) is 12.8 Å². The number of fused-ring (bicyclic) bond motifs is 1. The van der Waals surface area contributed by atoms with Gasteiger partial charge in [0.1, 0.15) is 0 Å². The quantitative estimate of drug-likeness (QED) is 0.914. The van der Waals surface area contributed by atoms with E-state index in [9.17, 15) is 5.11 Å². The monoisotopic (exact) mass is 268 g/mol. The minimum atomic E-state index is -0.452. The highest BCUT2D eigenvalue weighted by Gasteiger charge is 2.26. The van der Waals surface area contributed by atoms with Gasteiger partial charge >= 0.3 is 0 Å². The van der Waals surface area contributed by atoms with E-state index in [4.69, 9.17) is 21.1 Å². The van der Waals surface area contributed by atoms with Crippen molar-refractivity contribution in [2.75, 3.05) is 13.2 Å². The standard InChI is InChI=1S/C14H17ClO3/c15-11-7-10(12(16)6-9-2-3-9)8-13-14(11)18-5-1-4-17-13/h7-9,12,16H,1-6H2. The lowest BCUT2D eigenvalue weighted by atomic mass is 10.0. The maximum atomic E-state index is 10.2. The highest BCUT2D eigenvalue weighted by molar-refractivity contribution is 6.32. The third kappa shape index (κ3) is 2.57. The highest BCUT2D eigenvalue weighted by Crippen LogP contribution is 2.42. The molecule has 1 N–H and O–H groups in total. The minimum absolute atomic E-state index is 0.452. The summed E-state index contributed by atoms with van der Waals surface area (Å²) in [6.07, 6.45) is 3.68. The molecule has 1 aromatic rings. The lowest BCUT2D eigenvalue weighted by Crippen LogP contribution is -2.01. The van der Waals surface area contributed by atoms with Gasteiger partial charge in [0.05, 0.1) is 24.3 Å². The molecule has 0 radical (unpaired) electrons. The first-order chi connectivity index (χ1) is 8.74. The molecule has 0 spiro atoms. The summed E-state index contributed by atoms with van der Waals surface area (Å²) in [5, 5.41) is 10.7. The molecule has 0 saturated heterocycles. The third-order valence-electron chi connectivity index (χ3n) is 3.46. The second-order valence-electron chi connectivity index (χ2n) is 5.08. The van der Waals surface area contributed by atoms with Crippen molar-refractivity contribution in [3.05, 3.63) is 22.7 Å². The number of ether oxygens (including phenoxy) is 2. The van der Waals surface area contributed by atoms with Crippen LogP contribution < -0.4 is 9.47 Å². The molecule has 1 saturated carbocycles. The fourth-order valence-corrected chi connectivity index (χ4v) is 2.52. The van der Waals surface area contributed by atoms with Gasteiger partial charge in [-0.3, -0.25) is 0 Å². The molecule has 1 aliphatic heterocycles. The van der Waals surface area contributed by atoms with Gasteiger partial charge in [0, 0.05) is 6.42 Å². The Morgan fingerprint density at radius 2 is 2.06 bits per heavy atom. The van der Waals surface area contributed by atoms with Crippen molar-refractivity contribution >= 4 is 11.6 Å². The van der Waals surface area contributed by atoms with Gasteiger partial charge < -0.3 is 14.6 Å². The van der Waals surface area contributed by atoms with Crippen molar-refractivity contribution in [1.29, 1.82) is 0 Å². The first-order valence-corrected chi connectivity index (χ1v) is 6.89. The molecule has 0 bridgehead atoms. The van der Waals surface area contributed by atoms with E-state index in [0.29, 0.717) is 35.7 Å². The summed E-state index contributed by atoms with van der Waals surface area (Å²) in [6.45, 7) is 1.25. The smallest absolute Gasteiger partial charge is 0.179 e. The molecular formula is C14H17ClO3. The normalized spacial score (nSPS) is 20.3. The Balaban J connectivity index is 1.86. The molecule has 0 aromatic heterocycles. The molecule has 3 nitrogen and oxygen atoms in total. The number of aliphatic hydroxyl groups excluding tert-OH is 1. The Kier molecular flexibility index (Phi) is 3.35. The molecule has 18 heavy (non-hydrogen) atoms. The third-order valence-corrected chi connectivity index (χ3v) is 3.74. The fourth-order valence-electron chi connectivity index (χ4n) is 2.25. The second kappa shape index (κ2) is 4.98. The lowest BCUT2D eigenvalue weighted by Gasteiger charge is -2.15. The number of aliphatic hydroxyl groups is 1. The van der Waals surface area contributed by atoms with E-state index in [1.807, 2.05) is 6.07 Å². The Morgan fingerprint density at radius 1 is 1.28 bits per heavy atom. The molecule has 1 unspecified atom stereocenters. The van der Waals surface area contributed by atoms with E-state index in [0.717, 1.165) is 18.4 Å². The van der Waals surface area contributed by atoms with Crippen molar-refractivity contribution in [2.24, 2.45) is 5.92 Å². The van der Waals surface area contributed by atoms with Gasteiger partial charge in [0.25, 0.3) is 0 Å². The largest absolute Gasteiger partial charge is 0.489 e. The summed E-state index contributed by atoms with van der Waals surface area (Å²) < 4.78 is 11.2. The zero-order valence-electron chi connectivity index (χ0n) is 10.2. The van der Waals surface area contributed by atoms with Crippen LogP contribution in [-0.2, 0) is 0 Å². The van der Waals surface area contributed by atoms with Gasteiger partial charge in [-0.2, -0.15) is 0 Å². The molecule has 1 fully saturated rings. The number of rotatable bonds is 3. The predicted octanol–water partition coefficient (Wildman–Crippen LogP) is 3.33. The Bertz CT molecular complexity index is 443. The van der Waals surface area contributed by atoms with Crippen LogP contribution in [0, 0.1) is 5.92 Å². The molecule has 1 aliphatic carbocycles. The van der Waals surface area contributed by atoms with Gasteiger partial charge in [-0.25, -0.2) is 0 Å². The average molecular weight is 269 g/mol.